The van der Waals surface area contributed by atoms with Crippen LogP contribution in [0.5, 0.6) is 5.75 Å². The van der Waals surface area contributed by atoms with E-state index in [1.807, 2.05) is 6.07 Å². The number of carbonyl (C=O) groups excluding carboxylic acids is 1. The number of hydrogen-bond donors (Lipinski definition) is 1. The third-order valence-corrected chi connectivity index (χ3v) is 3.23. The largest absolute Gasteiger partial charge is 0.495 e. The van der Waals surface area contributed by atoms with Crippen molar-refractivity contribution in [2.45, 2.75) is 26.4 Å². The number of nitrogens with zero attached hydrogens (tertiary/aromatic N) is 2. The van der Waals surface area contributed by atoms with E-state index in [2.05, 4.69) is 4.98 Å². The molecule has 6 nitrogen and oxygen atoms in total. The smallest absolute Gasteiger partial charge is 0.306 e. The molecule has 0 aromatic carbocycles. The summed E-state index contributed by atoms with van der Waals surface area (Å²) >= 11 is 0. The highest BCUT2D eigenvalue weighted by Gasteiger charge is 2.27. The number of amides is 1. The molecule has 1 aromatic heterocycles. The number of rotatable bonds is 4. The van der Waals surface area contributed by atoms with Crippen LogP contribution in [0.2, 0.25) is 0 Å². The van der Waals surface area contributed by atoms with Crippen molar-refractivity contribution < 1.29 is 19.4 Å². The highest BCUT2D eigenvalue weighted by atomic mass is 16.5. The minimum absolute atomic E-state index is 0.0143. The first-order valence-electron chi connectivity index (χ1n) is 6.03. The molecule has 1 aliphatic rings. The molecule has 0 saturated heterocycles. The number of carboxylic acid groups (broad SMARTS) is 1. The maximum atomic E-state index is 12.0. The molecule has 0 spiro atoms. The zero-order valence-corrected chi connectivity index (χ0v) is 10.9. The molecule has 0 radical (unpaired) electrons. The van der Waals surface area contributed by atoms with Gasteiger partial charge in [-0.2, -0.15) is 0 Å². The molecule has 0 unspecified atom stereocenters. The third kappa shape index (κ3) is 2.83. The van der Waals surface area contributed by atoms with Crippen molar-refractivity contribution in [3.8, 4) is 5.75 Å². The van der Waals surface area contributed by atoms with Crippen LogP contribution in [0.4, 0.5) is 0 Å². The van der Waals surface area contributed by atoms with Crippen LogP contribution in [0.15, 0.2) is 12.3 Å². The monoisotopic (exact) mass is 264 g/mol. The Morgan fingerprint density at radius 1 is 1.53 bits per heavy atom. The second-order valence-electron chi connectivity index (χ2n) is 4.67. The van der Waals surface area contributed by atoms with E-state index in [1.165, 1.54) is 6.92 Å². The normalized spacial score (nSPS) is 14.9. The number of carboxylic acids is 1. The van der Waals surface area contributed by atoms with E-state index in [4.69, 9.17) is 9.84 Å². The average molecular weight is 264 g/mol. The number of hydrogen-bond acceptors (Lipinski definition) is 4. The summed E-state index contributed by atoms with van der Waals surface area (Å²) in [5.41, 5.74) is 1.80. The number of methoxy groups -OCH3 is 1. The number of aromatic nitrogens is 1. The second kappa shape index (κ2) is 5.26. The average Bonchev–Trinajstić information content (AvgIpc) is 2.81. The lowest BCUT2D eigenvalue weighted by molar-refractivity contribution is -0.145. The number of aliphatic carboxylic acids is 1. The molecule has 0 bridgehead atoms. The minimum Gasteiger partial charge on any atom is -0.495 e. The van der Waals surface area contributed by atoms with Gasteiger partial charge in [-0.1, -0.05) is 6.92 Å². The highest BCUT2D eigenvalue weighted by Crippen LogP contribution is 2.25. The Morgan fingerprint density at radius 2 is 2.26 bits per heavy atom. The van der Waals surface area contributed by atoms with Crippen molar-refractivity contribution in [1.82, 2.24) is 9.88 Å². The zero-order chi connectivity index (χ0) is 14.0. The van der Waals surface area contributed by atoms with Gasteiger partial charge in [-0.25, -0.2) is 0 Å². The van der Waals surface area contributed by atoms with Crippen molar-refractivity contribution in [3.63, 3.8) is 0 Å². The van der Waals surface area contributed by atoms with Crippen molar-refractivity contribution >= 4 is 11.9 Å². The molecule has 1 atom stereocenters. The number of pyridine rings is 1. The predicted octanol–water partition coefficient (Wildman–Crippen LogP) is 1.04. The van der Waals surface area contributed by atoms with E-state index >= 15 is 0 Å². The van der Waals surface area contributed by atoms with E-state index in [-0.39, 0.29) is 12.3 Å². The lowest BCUT2D eigenvalue weighted by Crippen LogP contribution is -2.28. The summed E-state index contributed by atoms with van der Waals surface area (Å²) in [6, 6.07) is 1.86. The molecular formula is C13H16N2O4. The van der Waals surface area contributed by atoms with Gasteiger partial charge in [0.25, 0.3) is 0 Å². The molecule has 1 aliphatic heterocycles. The zero-order valence-electron chi connectivity index (χ0n) is 10.9. The predicted molar refractivity (Wildman–Crippen MR) is 66.5 cm³/mol. The molecule has 0 saturated carbocycles. The van der Waals surface area contributed by atoms with Crippen molar-refractivity contribution in [2.75, 3.05) is 7.11 Å². The van der Waals surface area contributed by atoms with Crippen LogP contribution in [-0.4, -0.2) is 34.0 Å². The van der Waals surface area contributed by atoms with Crippen LogP contribution in [0.1, 0.15) is 24.6 Å². The maximum Gasteiger partial charge on any atom is 0.306 e. The quantitative estimate of drug-likeness (QED) is 0.879. The van der Waals surface area contributed by atoms with E-state index in [1.54, 1.807) is 18.2 Å². The summed E-state index contributed by atoms with van der Waals surface area (Å²) in [5, 5.41) is 8.82. The first-order chi connectivity index (χ1) is 9.01. The van der Waals surface area contributed by atoms with E-state index in [0.29, 0.717) is 18.8 Å². The van der Waals surface area contributed by atoms with Crippen molar-refractivity contribution in [1.29, 1.82) is 0 Å². The Bertz CT molecular complexity index is 515. The van der Waals surface area contributed by atoms with Crippen LogP contribution < -0.4 is 4.74 Å². The summed E-state index contributed by atoms with van der Waals surface area (Å²) < 4.78 is 5.09. The Labute approximate surface area is 111 Å². The molecule has 1 aromatic rings. The second-order valence-corrected chi connectivity index (χ2v) is 4.67. The highest BCUT2D eigenvalue weighted by molar-refractivity contribution is 5.82. The van der Waals surface area contributed by atoms with E-state index < -0.39 is 11.9 Å². The van der Waals surface area contributed by atoms with Gasteiger partial charge in [0.1, 0.15) is 5.75 Å². The Kier molecular flexibility index (Phi) is 3.69. The molecule has 6 heteroatoms. The van der Waals surface area contributed by atoms with Crippen LogP contribution in [0.25, 0.3) is 0 Å². The van der Waals surface area contributed by atoms with Crippen molar-refractivity contribution in [3.05, 3.63) is 23.5 Å². The van der Waals surface area contributed by atoms with E-state index in [9.17, 15) is 9.59 Å². The third-order valence-electron chi connectivity index (χ3n) is 3.23. The van der Waals surface area contributed by atoms with Gasteiger partial charge in [-0.15, -0.1) is 0 Å². The van der Waals surface area contributed by atoms with Crippen LogP contribution in [-0.2, 0) is 22.7 Å². The standard InChI is InChI=1S/C13H16N2O4/c1-8(13(17)18)3-12(16)15-6-9-4-10(19-2)5-14-11(9)7-15/h4-5,8H,3,6-7H2,1-2H3,(H,17,18)/t8-/m0/s1. The van der Waals surface area contributed by atoms with Gasteiger partial charge < -0.3 is 14.7 Å². The first kappa shape index (κ1) is 13.3. The summed E-state index contributed by atoms with van der Waals surface area (Å²) in [5.74, 6) is -1.12. The van der Waals surface area contributed by atoms with Crippen LogP contribution in [0.3, 0.4) is 0 Å². The minimum atomic E-state index is -0.954. The summed E-state index contributed by atoms with van der Waals surface area (Å²) in [4.78, 5) is 28.6. The Balaban J connectivity index is 2.03. The van der Waals surface area contributed by atoms with Gasteiger partial charge >= 0.3 is 5.97 Å². The van der Waals surface area contributed by atoms with Crippen LogP contribution in [0, 0.1) is 5.92 Å². The Morgan fingerprint density at radius 3 is 2.89 bits per heavy atom. The molecule has 19 heavy (non-hydrogen) atoms. The van der Waals surface area contributed by atoms with Gasteiger partial charge in [0.05, 0.1) is 31.5 Å². The summed E-state index contributed by atoms with van der Waals surface area (Å²) in [6.07, 6.45) is 1.63. The SMILES string of the molecule is COc1cnc2c(c1)CN(C(=O)C[C@H](C)C(=O)O)C2. The molecule has 2 rings (SSSR count). The molecule has 1 N–H and O–H groups in total. The topological polar surface area (TPSA) is 79.7 Å². The fourth-order valence-electron chi connectivity index (χ4n) is 2.00. The number of carbonyl (C=O) groups is 2. The van der Waals surface area contributed by atoms with Gasteiger partial charge in [0.15, 0.2) is 0 Å². The maximum absolute atomic E-state index is 12.0. The molecule has 102 valence electrons. The fraction of sp³-hybridized carbons (Fsp3) is 0.462. The summed E-state index contributed by atoms with van der Waals surface area (Å²) in [6.45, 7) is 2.43. The Hall–Kier alpha value is -2.11. The van der Waals surface area contributed by atoms with Crippen molar-refractivity contribution in [2.24, 2.45) is 5.92 Å². The number of fused-ring (bicyclic) bond motifs is 1. The van der Waals surface area contributed by atoms with Gasteiger partial charge in [-0.3, -0.25) is 14.6 Å². The summed E-state index contributed by atoms with van der Waals surface area (Å²) in [7, 11) is 1.57. The van der Waals surface area contributed by atoms with E-state index in [0.717, 1.165) is 11.3 Å². The first-order valence-corrected chi connectivity index (χ1v) is 6.03. The fourth-order valence-corrected chi connectivity index (χ4v) is 2.00. The van der Waals surface area contributed by atoms with Gasteiger partial charge in [0, 0.05) is 13.0 Å². The molecular weight excluding hydrogens is 248 g/mol. The molecule has 0 aliphatic carbocycles. The molecule has 0 fully saturated rings. The molecule has 1 amide bonds. The lowest BCUT2D eigenvalue weighted by Gasteiger charge is -2.16. The van der Waals surface area contributed by atoms with Crippen LogP contribution >= 0.6 is 0 Å². The van der Waals surface area contributed by atoms with Gasteiger partial charge in [-0.05, 0) is 11.6 Å². The lowest BCUT2D eigenvalue weighted by atomic mass is 10.1. The molecule has 2 heterocycles. The van der Waals surface area contributed by atoms with Gasteiger partial charge in [0.2, 0.25) is 5.91 Å². The number of ether oxygens (including phenoxy) is 1.